The van der Waals surface area contributed by atoms with Crippen molar-refractivity contribution in [1.29, 1.82) is 0 Å². The Morgan fingerprint density at radius 2 is 2.03 bits per heavy atom. The Labute approximate surface area is 183 Å². The van der Waals surface area contributed by atoms with Gasteiger partial charge in [0.2, 0.25) is 11.8 Å². The smallest absolute Gasteiger partial charge is 0.262 e. The molecule has 0 atom stereocenters. The molecule has 8 nitrogen and oxygen atoms in total. The summed E-state index contributed by atoms with van der Waals surface area (Å²) in [4.78, 5) is 43.4. The number of rotatable bonds is 6. The van der Waals surface area contributed by atoms with Gasteiger partial charge in [0.15, 0.2) is 0 Å². The number of ether oxygens (including phenoxy) is 1. The van der Waals surface area contributed by atoms with Crippen LogP contribution in [0.25, 0.3) is 10.2 Å². The van der Waals surface area contributed by atoms with Gasteiger partial charge in [-0.15, -0.1) is 11.3 Å². The van der Waals surface area contributed by atoms with Crippen LogP contribution in [0.4, 0.5) is 11.4 Å². The van der Waals surface area contributed by atoms with Crippen molar-refractivity contribution in [1.82, 2.24) is 9.55 Å². The van der Waals surface area contributed by atoms with Gasteiger partial charge in [-0.05, 0) is 49.4 Å². The molecule has 2 N–H and O–H groups in total. The van der Waals surface area contributed by atoms with E-state index < -0.39 is 0 Å². The van der Waals surface area contributed by atoms with Crippen molar-refractivity contribution in [3.8, 4) is 5.75 Å². The molecular formula is C22H24N4O4S. The Balaban J connectivity index is 1.49. The minimum Gasteiger partial charge on any atom is -0.495 e. The molecule has 3 aromatic rings. The molecular weight excluding hydrogens is 416 g/mol. The van der Waals surface area contributed by atoms with Gasteiger partial charge in [-0.2, -0.15) is 0 Å². The van der Waals surface area contributed by atoms with Gasteiger partial charge in [-0.3, -0.25) is 19.0 Å². The van der Waals surface area contributed by atoms with Crippen LogP contribution in [0.15, 0.2) is 29.3 Å². The quantitative estimate of drug-likeness (QED) is 0.612. The first-order valence-corrected chi connectivity index (χ1v) is 11.0. The lowest BCUT2D eigenvalue weighted by molar-refractivity contribution is -0.116. The van der Waals surface area contributed by atoms with E-state index >= 15 is 0 Å². The number of fused-ring (bicyclic) bond motifs is 3. The Hall–Kier alpha value is -3.20. The van der Waals surface area contributed by atoms with E-state index in [2.05, 4.69) is 15.6 Å². The topological polar surface area (TPSA) is 102 Å². The fraction of sp³-hybridized carbons (Fsp3) is 0.364. The molecule has 0 spiro atoms. The molecule has 31 heavy (non-hydrogen) atoms. The molecule has 2 aromatic heterocycles. The summed E-state index contributed by atoms with van der Waals surface area (Å²) >= 11 is 1.61. The van der Waals surface area contributed by atoms with Gasteiger partial charge in [0.1, 0.15) is 10.6 Å². The number of anilines is 2. The Kier molecular flexibility index (Phi) is 6.03. The molecule has 162 valence electrons. The van der Waals surface area contributed by atoms with Crippen molar-refractivity contribution in [2.45, 2.75) is 45.6 Å². The summed E-state index contributed by atoms with van der Waals surface area (Å²) < 4.78 is 6.80. The molecule has 1 aromatic carbocycles. The number of hydrogen-bond acceptors (Lipinski definition) is 6. The molecule has 1 aliphatic rings. The van der Waals surface area contributed by atoms with Gasteiger partial charge >= 0.3 is 0 Å². The van der Waals surface area contributed by atoms with Crippen LogP contribution in [0, 0.1) is 0 Å². The lowest BCUT2D eigenvalue weighted by Gasteiger charge is -2.13. The van der Waals surface area contributed by atoms with Crippen LogP contribution in [0.3, 0.4) is 0 Å². The summed E-state index contributed by atoms with van der Waals surface area (Å²) in [6, 6.07) is 5.00. The molecule has 0 saturated heterocycles. The summed E-state index contributed by atoms with van der Waals surface area (Å²) in [5.74, 6) is 0.00514. The van der Waals surface area contributed by atoms with Crippen LogP contribution in [-0.2, 0) is 29.0 Å². The van der Waals surface area contributed by atoms with Crippen molar-refractivity contribution in [3.05, 3.63) is 45.3 Å². The van der Waals surface area contributed by atoms with E-state index in [9.17, 15) is 14.4 Å². The van der Waals surface area contributed by atoms with Crippen molar-refractivity contribution in [3.63, 3.8) is 0 Å². The summed E-state index contributed by atoms with van der Waals surface area (Å²) in [6.07, 6.45) is 5.80. The number of carbonyl (C=O) groups excluding carboxylic acids is 2. The molecule has 4 rings (SSSR count). The molecule has 0 saturated carbocycles. The van der Waals surface area contributed by atoms with Gasteiger partial charge in [0.25, 0.3) is 5.56 Å². The van der Waals surface area contributed by atoms with Crippen LogP contribution in [-0.4, -0.2) is 28.5 Å². The highest BCUT2D eigenvalue weighted by molar-refractivity contribution is 7.18. The molecule has 9 heteroatoms. The maximum Gasteiger partial charge on any atom is 0.262 e. The van der Waals surface area contributed by atoms with Crippen molar-refractivity contribution >= 4 is 44.7 Å². The molecule has 2 amide bonds. The number of thiophene rings is 1. The van der Waals surface area contributed by atoms with Gasteiger partial charge < -0.3 is 15.4 Å². The number of nitrogens with one attached hydrogen (secondary N) is 2. The zero-order valence-electron chi connectivity index (χ0n) is 17.5. The van der Waals surface area contributed by atoms with Crippen LogP contribution in [0.1, 0.15) is 36.6 Å². The summed E-state index contributed by atoms with van der Waals surface area (Å²) in [5.41, 5.74) is 2.06. The zero-order chi connectivity index (χ0) is 22.0. The van der Waals surface area contributed by atoms with E-state index in [1.165, 1.54) is 29.8 Å². The summed E-state index contributed by atoms with van der Waals surface area (Å²) in [6.45, 7) is 1.64. The maximum atomic E-state index is 13.0. The number of nitrogens with zero attached hydrogens (tertiary/aromatic N) is 2. The van der Waals surface area contributed by atoms with Gasteiger partial charge in [-0.1, -0.05) is 0 Å². The Morgan fingerprint density at radius 3 is 2.81 bits per heavy atom. The highest BCUT2D eigenvalue weighted by Crippen LogP contribution is 2.33. The Bertz CT molecular complexity index is 1210. The van der Waals surface area contributed by atoms with Crippen LogP contribution in [0.2, 0.25) is 0 Å². The second-order valence-corrected chi connectivity index (χ2v) is 8.61. The zero-order valence-corrected chi connectivity index (χ0v) is 18.3. The van der Waals surface area contributed by atoms with Gasteiger partial charge in [-0.25, -0.2) is 4.98 Å². The van der Waals surface area contributed by atoms with E-state index in [1.54, 1.807) is 29.5 Å². The van der Waals surface area contributed by atoms with Crippen LogP contribution >= 0.6 is 11.3 Å². The third-order valence-corrected chi connectivity index (χ3v) is 6.52. The normalized spacial score (nSPS) is 13.0. The average Bonchev–Trinajstić information content (AvgIpc) is 3.12. The highest BCUT2D eigenvalue weighted by atomic mass is 32.1. The minimum absolute atomic E-state index is 0.0811. The maximum absolute atomic E-state index is 13.0. The molecule has 2 heterocycles. The molecule has 0 unspecified atom stereocenters. The van der Waals surface area contributed by atoms with Crippen molar-refractivity contribution < 1.29 is 14.3 Å². The molecule has 0 radical (unpaired) electrons. The first-order chi connectivity index (χ1) is 15.0. The van der Waals surface area contributed by atoms with Gasteiger partial charge in [0.05, 0.1) is 24.5 Å². The number of benzene rings is 1. The third kappa shape index (κ3) is 4.46. The lowest BCUT2D eigenvalue weighted by Crippen LogP contribution is -2.24. The number of methoxy groups -OCH3 is 1. The predicted molar refractivity (Wildman–Crippen MR) is 121 cm³/mol. The van der Waals surface area contributed by atoms with Crippen LogP contribution in [0.5, 0.6) is 5.75 Å². The fourth-order valence-electron chi connectivity index (χ4n) is 3.86. The molecule has 0 bridgehead atoms. The van der Waals surface area contributed by atoms with Crippen molar-refractivity contribution in [2.24, 2.45) is 0 Å². The second kappa shape index (κ2) is 8.89. The largest absolute Gasteiger partial charge is 0.495 e. The number of aromatic nitrogens is 2. The number of hydrogen-bond donors (Lipinski definition) is 2. The van der Waals surface area contributed by atoms with Crippen LogP contribution < -0.4 is 20.9 Å². The first-order valence-electron chi connectivity index (χ1n) is 10.2. The summed E-state index contributed by atoms with van der Waals surface area (Å²) in [5, 5.41) is 6.19. The van der Waals surface area contributed by atoms with E-state index in [0.717, 1.165) is 36.1 Å². The van der Waals surface area contributed by atoms with E-state index in [-0.39, 0.29) is 30.3 Å². The fourth-order valence-corrected chi connectivity index (χ4v) is 5.08. The van der Waals surface area contributed by atoms with Gasteiger partial charge in [0, 0.05) is 30.5 Å². The SMILES string of the molecule is COc1ccc(NC(C)=O)cc1NC(=O)CCn1cnc2sc3c(c2c1=O)CCCC3. The average molecular weight is 441 g/mol. The molecule has 0 aliphatic heterocycles. The number of aryl methyl sites for hydroxylation is 3. The van der Waals surface area contributed by atoms with E-state index in [0.29, 0.717) is 22.5 Å². The minimum atomic E-state index is -0.266. The first kappa shape index (κ1) is 21.0. The number of amides is 2. The summed E-state index contributed by atoms with van der Waals surface area (Å²) in [7, 11) is 1.51. The van der Waals surface area contributed by atoms with E-state index in [1.807, 2.05) is 0 Å². The lowest BCUT2D eigenvalue weighted by atomic mass is 9.97. The molecule has 1 aliphatic carbocycles. The Morgan fingerprint density at radius 1 is 1.23 bits per heavy atom. The highest BCUT2D eigenvalue weighted by Gasteiger charge is 2.20. The second-order valence-electron chi connectivity index (χ2n) is 7.53. The monoisotopic (exact) mass is 440 g/mol. The number of carbonyl (C=O) groups is 2. The van der Waals surface area contributed by atoms with E-state index in [4.69, 9.17) is 4.74 Å². The molecule has 0 fully saturated rings. The standard InChI is InChI=1S/C22H24N4O4S/c1-13(27)24-14-7-8-17(30-2)16(11-14)25-19(28)9-10-26-12-23-21-20(22(26)29)15-5-3-4-6-18(15)31-21/h7-8,11-12H,3-6,9-10H2,1-2H3,(H,24,27)(H,25,28). The third-order valence-electron chi connectivity index (χ3n) is 5.32. The predicted octanol–water partition coefficient (Wildman–Crippen LogP) is 3.33. The van der Waals surface area contributed by atoms with Crippen molar-refractivity contribution in [2.75, 3.05) is 17.7 Å².